The van der Waals surface area contributed by atoms with Crippen molar-refractivity contribution in [3.05, 3.63) is 45.9 Å². The highest BCUT2D eigenvalue weighted by Crippen LogP contribution is 2.29. The van der Waals surface area contributed by atoms with E-state index in [0.717, 1.165) is 42.8 Å². The molecule has 1 aromatic heterocycles. The topological polar surface area (TPSA) is 91.7 Å². The zero-order valence-electron chi connectivity index (χ0n) is 17.0. The number of benzene rings is 1. The Morgan fingerprint density at radius 3 is 2.93 bits per heavy atom. The maximum Gasteiger partial charge on any atom is 0.285 e. The number of hydrogen-bond donors (Lipinski definition) is 1. The number of rotatable bonds is 6. The molecule has 4 rings (SSSR count). The SMILES string of the molecule is Cc1csc(CCCCNC(=O)C2CCCN(C3=NS(=O)(=O)c4ccccc43)C2)n1. The summed E-state index contributed by atoms with van der Waals surface area (Å²) in [6.45, 7) is 3.85. The average Bonchev–Trinajstić information content (AvgIpc) is 3.28. The van der Waals surface area contributed by atoms with Crippen molar-refractivity contribution in [2.45, 2.75) is 43.9 Å². The van der Waals surface area contributed by atoms with E-state index in [9.17, 15) is 13.2 Å². The van der Waals surface area contributed by atoms with E-state index >= 15 is 0 Å². The Morgan fingerprint density at radius 2 is 2.13 bits per heavy atom. The molecule has 0 spiro atoms. The largest absolute Gasteiger partial charge is 0.356 e. The van der Waals surface area contributed by atoms with Crippen LogP contribution >= 0.6 is 11.3 Å². The molecule has 2 aliphatic rings. The molecule has 30 heavy (non-hydrogen) atoms. The van der Waals surface area contributed by atoms with Crippen LogP contribution < -0.4 is 5.32 Å². The molecule has 2 aromatic rings. The number of unbranched alkanes of at least 4 members (excludes halogenated alkanes) is 1. The summed E-state index contributed by atoms with van der Waals surface area (Å²) in [5.41, 5.74) is 1.70. The van der Waals surface area contributed by atoms with Gasteiger partial charge in [-0.2, -0.15) is 8.42 Å². The Kier molecular flexibility index (Phi) is 6.19. The van der Waals surface area contributed by atoms with E-state index in [-0.39, 0.29) is 16.7 Å². The van der Waals surface area contributed by atoms with Gasteiger partial charge in [-0.1, -0.05) is 12.1 Å². The molecule has 1 unspecified atom stereocenters. The van der Waals surface area contributed by atoms with Crippen LogP contribution in [0.4, 0.5) is 0 Å². The highest BCUT2D eigenvalue weighted by atomic mass is 32.2. The molecule has 160 valence electrons. The van der Waals surface area contributed by atoms with Gasteiger partial charge in [0.1, 0.15) is 4.90 Å². The molecule has 0 aliphatic carbocycles. The van der Waals surface area contributed by atoms with Crippen molar-refractivity contribution in [2.24, 2.45) is 10.3 Å². The number of nitrogens with one attached hydrogen (secondary N) is 1. The molecule has 7 nitrogen and oxygen atoms in total. The van der Waals surface area contributed by atoms with Gasteiger partial charge in [-0.05, 0) is 51.2 Å². The molecule has 0 bridgehead atoms. The van der Waals surface area contributed by atoms with Gasteiger partial charge in [-0.15, -0.1) is 15.7 Å². The minimum absolute atomic E-state index is 0.0412. The number of hydrogen-bond acceptors (Lipinski definition) is 6. The molecular weight excluding hydrogens is 420 g/mol. The maximum atomic E-state index is 12.7. The van der Waals surface area contributed by atoms with Gasteiger partial charge in [-0.3, -0.25) is 4.79 Å². The fourth-order valence-electron chi connectivity index (χ4n) is 3.97. The van der Waals surface area contributed by atoms with E-state index in [0.29, 0.717) is 31.0 Å². The Hall–Kier alpha value is -2.26. The van der Waals surface area contributed by atoms with Crippen LogP contribution in [0.15, 0.2) is 38.9 Å². The van der Waals surface area contributed by atoms with Crippen molar-refractivity contribution in [3.8, 4) is 0 Å². The first kappa shape index (κ1) is 21.0. The minimum Gasteiger partial charge on any atom is -0.356 e. The highest BCUT2D eigenvalue weighted by molar-refractivity contribution is 7.90. The number of amidine groups is 1. The fourth-order valence-corrected chi connectivity index (χ4v) is 6.02. The number of piperidine rings is 1. The van der Waals surface area contributed by atoms with Crippen LogP contribution in [0.2, 0.25) is 0 Å². The zero-order valence-corrected chi connectivity index (χ0v) is 18.6. The predicted molar refractivity (Wildman–Crippen MR) is 117 cm³/mol. The first-order valence-corrected chi connectivity index (χ1v) is 12.6. The lowest BCUT2D eigenvalue weighted by Crippen LogP contribution is -2.45. The standard InChI is InChI=1S/C21H26N4O3S2/c1-15-14-29-19(23-15)10-4-5-11-22-21(26)16-7-6-12-25(13-16)20-17-8-2-3-9-18(17)30(27,28)24-20/h2-3,8-9,14,16H,4-7,10-13H2,1H3,(H,22,26). The summed E-state index contributed by atoms with van der Waals surface area (Å²) < 4.78 is 28.7. The van der Waals surface area contributed by atoms with Gasteiger partial charge >= 0.3 is 0 Å². The lowest BCUT2D eigenvalue weighted by atomic mass is 9.96. The summed E-state index contributed by atoms with van der Waals surface area (Å²) in [5.74, 6) is 0.361. The van der Waals surface area contributed by atoms with E-state index in [1.165, 1.54) is 0 Å². The van der Waals surface area contributed by atoms with Crippen molar-refractivity contribution >= 4 is 33.1 Å². The van der Waals surface area contributed by atoms with Crippen LogP contribution in [0.1, 0.15) is 41.9 Å². The second kappa shape index (κ2) is 8.85. The molecule has 1 amide bonds. The fraction of sp³-hybridized carbons (Fsp3) is 0.476. The van der Waals surface area contributed by atoms with Crippen LogP contribution in [0.3, 0.4) is 0 Å². The van der Waals surface area contributed by atoms with Crippen LogP contribution in [0, 0.1) is 12.8 Å². The number of carbonyl (C=O) groups excluding carboxylic acids is 1. The van der Waals surface area contributed by atoms with Gasteiger partial charge in [-0.25, -0.2) is 4.98 Å². The first-order valence-electron chi connectivity index (χ1n) is 10.3. The summed E-state index contributed by atoms with van der Waals surface area (Å²) in [6.07, 6.45) is 4.50. The number of carbonyl (C=O) groups is 1. The predicted octanol–water partition coefficient (Wildman–Crippen LogP) is 2.75. The summed E-state index contributed by atoms with van der Waals surface area (Å²) in [6, 6.07) is 6.89. The van der Waals surface area contributed by atoms with Crippen molar-refractivity contribution in [2.75, 3.05) is 19.6 Å². The molecular formula is C21H26N4O3S2. The number of aromatic nitrogens is 1. The zero-order chi connectivity index (χ0) is 21.1. The van der Waals surface area contributed by atoms with E-state index in [1.54, 1.807) is 29.5 Å². The van der Waals surface area contributed by atoms with Gasteiger partial charge < -0.3 is 10.2 Å². The minimum atomic E-state index is -3.64. The second-order valence-electron chi connectivity index (χ2n) is 7.80. The molecule has 1 N–H and O–H groups in total. The van der Waals surface area contributed by atoms with Crippen molar-refractivity contribution in [3.63, 3.8) is 0 Å². The Balaban J connectivity index is 1.29. The Labute approximate surface area is 181 Å². The number of likely N-dealkylation sites (tertiary alicyclic amines) is 1. The van der Waals surface area contributed by atoms with Crippen LogP contribution in [0.25, 0.3) is 0 Å². The van der Waals surface area contributed by atoms with Gasteiger partial charge in [0.05, 0.1) is 10.9 Å². The van der Waals surface area contributed by atoms with Gasteiger partial charge in [0, 0.05) is 36.3 Å². The number of nitrogens with zero attached hydrogens (tertiary/aromatic N) is 3. The molecule has 1 fully saturated rings. The molecule has 0 radical (unpaired) electrons. The highest BCUT2D eigenvalue weighted by Gasteiger charge is 2.35. The second-order valence-corrected chi connectivity index (χ2v) is 10.3. The summed E-state index contributed by atoms with van der Waals surface area (Å²) >= 11 is 1.69. The van der Waals surface area contributed by atoms with E-state index in [2.05, 4.69) is 20.1 Å². The lowest BCUT2D eigenvalue weighted by Gasteiger charge is -2.33. The molecule has 1 aromatic carbocycles. The molecule has 1 atom stereocenters. The number of aryl methyl sites for hydroxylation is 2. The Morgan fingerprint density at radius 1 is 1.30 bits per heavy atom. The number of fused-ring (bicyclic) bond motifs is 1. The van der Waals surface area contributed by atoms with Gasteiger partial charge in [0.15, 0.2) is 5.84 Å². The molecule has 3 heterocycles. The smallest absolute Gasteiger partial charge is 0.285 e. The van der Waals surface area contributed by atoms with Crippen LogP contribution in [-0.2, 0) is 21.2 Å². The third kappa shape index (κ3) is 4.57. The van der Waals surface area contributed by atoms with Crippen molar-refractivity contribution < 1.29 is 13.2 Å². The number of sulfonamides is 1. The third-order valence-corrected chi connectivity index (χ3v) is 7.84. The van der Waals surface area contributed by atoms with Gasteiger partial charge in [0.25, 0.3) is 10.0 Å². The van der Waals surface area contributed by atoms with E-state index < -0.39 is 10.0 Å². The monoisotopic (exact) mass is 446 g/mol. The van der Waals surface area contributed by atoms with Crippen molar-refractivity contribution in [1.29, 1.82) is 0 Å². The summed E-state index contributed by atoms with van der Waals surface area (Å²) in [7, 11) is -3.64. The molecule has 9 heteroatoms. The number of amides is 1. The third-order valence-electron chi connectivity index (χ3n) is 5.49. The van der Waals surface area contributed by atoms with E-state index in [4.69, 9.17) is 0 Å². The quantitative estimate of drug-likeness (QED) is 0.689. The molecule has 2 aliphatic heterocycles. The van der Waals surface area contributed by atoms with Crippen molar-refractivity contribution in [1.82, 2.24) is 15.2 Å². The number of thiazole rings is 1. The lowest BCUT2D eigenvalue weighted by molar-refractivity contribution is -0.126. The molecule has 1 saturated heterocycles. The Bertz CT molecular complexity index is 1060. The van der Waals surface area contributed by atoms with Gasteiger partial charge in [0.2, 0.25) is 5.91 Å². The summed E-state index contributed by atoms with van der Waals surface area (Å²) in [4.78, 5) is 19.3. The van der Waals surface area contributed by atoms with Crippen LogP contribution in [-0.4, -0.2) is 49.7 Å². The summed E-state index contributed by atoms with van der Waals surface area (Å²) in [5, 5.41) is 6.26. The van der Waals surface area contributed by atoms with Crippen LogP contribution in [0.5, 0.6) is 0 Å². The molecule has 0 saturated carbocycles. The average molecular weight is 447 g/mol. The normalized spacial score (nSPS) is 20.0. The first-order chi connectivity index (χ1) is 14.4. The van der Waals surface area contributed by atoms with E-state index in [1.807, 2.05) is 17.9 Å². The maximum absolute atomic E-state index is 12.7.